The zero-order chi connectivity index (χ0) is 37.8. The van der Waals surface area contributed by atoms with Crippen molar-refractivity contribution in [2.45, 2.75) is 38.5 Å². The van der Waals surface area contributed by atoms with E-state index in [2.05, 4.69) is 219 Å². The van der Waals surface area contributed by atoms with Crippen LogP contribution in [0, 0.1) is 0 Å². The summed E-state index contributed by atoms with van der Waals surface area (Å²) in [6.07, 6.45) is 0. The van der Waals surface area contributed by atoms with Crippen LogP contribution in [0.1, 0.15) is 49.9 Å². The minimum Gasteiger partial charge on any atom is -0.310 e. The van der Waals surface area contributed by atoms with Crippen molar-refractivity contribution in [2.24, 2.45) is 0 Å². The Labute approximate surface area is 328 Å². The summed E-state index contributed by atoms with van der Waals surface area (Å²) in [6.45, 7) is 9.56. The number of para-hydroxylation sites is 2. The predicted octanol–water partition coefficient (Wildman–Crippen LogP) is 14.5. The Bertz CT molecular complexity index is 2850. The molecule has 8 aromatic carbocycles. The van der Waals surface area contributed by atoms with Gasteiger partial charge in [0.15, 0.2) is 0 Å². The standard InChI is InChI=1S/C54H42N2/c1-53(2)45-21-9-5-15-39(45)43-19-13-25-49(51(43)53)56(50-26-14-20-44-40-16-6-10-22-46(40)54(3,4)52(44)50)38-33-29-36(30-34-38)35-27-31-37(32-28-35)55-47-23-11-7-17-41(47)42-18-8-12-24-48(42)55/h5-34H,1-4H3. The van der Waals surface area contributed by atoms with Gasteiger partial charge in [0.05, 0.1) is 22.4 Å². The van der Waals surface area contributed by atoms with Crippen LogP contribution in [0.3, 0.4) is 0 Å². The topological polar surface area (TPSA) is 8.17 Å². The molecule has 1 heterocycles. The molecule has 2 aliphatic rings. The molecule has 0 saturated heterocycles. The van der Waals surface area contributed by atoms with Crippen LogP contribution in [0.4, 0.5) is 17.1 Å². The smallest absolute Gasteiger partial charge is 0.0541 e. The highest BCUT2D eigenvalue weighted by molar-refractivity contribution is 6.09. The van der Waals surface area contributed by atoms with Gasteiger partial charge in [-0.3, -0.25) is 0 Å². The maximum Gasteiger partial charge on any atom is 0.0541 e. The van der Waals surface area contributed by atoms with Crippen molar-refractivity contribution in [1.29, 1.82) is 0 Å². The van der Waals surface area contributed by atoms with E-state index < -0.39 is 0 Å². The van der Waals surface area contributed by atoms with Crippen molar-refractivity contribution in [1.82, 2.24) is 4.57 Å². The van der Waals surface area contributed by atoms with Crippen LogP contribution in [-0.4, -0.2) is 4.57 Å². The highest BCUT2D eigenvalue weighted by Crippen LogP contribution is 2.58. The van der Waals surface area contributed by atoms with Gasteiger partial charge in [-0.25, -0.2) is 0 Å². The molecule has 0 saturated carbocycles. The lowest BCUT2D eigenvalue weighted by atomic mass is 9.80. The lowest BCUT2D eigenvalue weighted by Gasteiger charge is -2.35. The predicted molar refractivity (Wildman–Crippen MR) is 236 cm³/mol. The lowest BCUT2D eigenvalue weighted by Crippen LogP contribution is -2.23. The van der Waals surface area contributed by atoms with Crippen LogP contribution in [0.5, 0.6) is 0 Å². The molecule has 11 rings (SSSR count). The molecule has 0 radical (unpaired) electrons. The molecule has 0 N–H and O–H groups in total. The van der Waals surface area contributed by atoms with Crippen molar-refractivity contribution < 1.29 is 0 Å². The SMILES string of the molecule is CC1(C)c2ccccc2-c2cccc(N(c3ccc(-c4ccc(-n5c6ccccc6c6ccccc65)cc4)cc3)c3cccc4c3C(C)(C)c3ccccc3-4)c21. The first-order chi connectivity index (χ1) is 27.3. The molecular formula is C54H42N2. The summed E-state index contributed by atoms with van der Waals surface area (Å²) in [6, 6.07) is 67.4. The average Bonchev–Trinajstić information content (AvgIpc) is 3.79. The van der Waals surface area contributed by atoms with Gasteiger partial charge >= 0.3 is 0 Å². The number of aromatic nitrogens is 1. The molecule has 0 amide bonds. The second-order valence-corrected chi connectivity index (χ2v) is 16.5. The van der Waals surface area contributed by atoms with E-state index in [0.29, 0.717) is 0 Å². The van der Waals surface area contributed by atoms with Crippen molar-refractivity contribution in [3.05, 3.63) is 204 Å². The lowest BCUT2D eigenvalue weighted by molar-refractivity contribution is 0.656. The van der Waals surface area contributed by atoms with E-state index in [9.17, 15) is 0 Å². The van der Waals surface area contributed by atoms with Gasteiger partial charge in [-0.05, 0) is 104 Å². The highest BCUT2D eigenvalue weighted by Gasteiger charge is 2.42. The van der Waals surface area contributed by atoms with Crippen LogP contribution in [0.15, 0.2) is 182 Å². The molecule has 56 heavy (non-hydrogen) atoms. The van der Waals surface area contributed by atoms with Crippen molar-refractivity contribution in [3.63, 3.8) is 0 Å². The summed E-state index contributed by atoms with van der Waals surface area (Å²) in [4.78, 5) is 2.55. The summed E-state index contributed by atoms with van der Waals surface area (Å²) in [5, 5.41) is 2.56. The molecule has 2 heteroatoms. The first-order valence-electron chi connectivity index (χ1n) is 19.8. The number of hydrogen-bond acceptors (Lipinski definition) is 1. The largest absolute Gasteiger partial charge is 0.310 e. The second kappa shape index (κ2) is 11.9. The third-order valence-corrected chi connectivity index (χ3v) is 12.8. The minimum absolute atomic E-state index is 0.171. The Kier molecular flexibility index (Phi) is 6.98. The Hall–Kier alpha value is -6.64. The number of anilines is 3. The Morgan fingerprint density at radius 3 is 1.29 bits per heavy atom. The maximum atomic E-state index is 2.55. The molecule has 2 aliphatic carbocycles. The summed E-state index contributed by atoms with van der Waals surface area (Å²) in [7, 11) is 0. The fraction of sp³-hybridized carbons (Fsp3) is 0.111. The number of fused-ring (bicyclic) bond motifs is 9. The molecule has 9 aromatic rings. The number of benzene rings is 8. The zero-order valence-corrected chi connectivity index (χ0v) is 32.2. The second-order valence-electron chi connectivity index (χ2n) is 16.5. The first kappa shape index (κ1) is 32.8. The van der Waals surface area contributed by atoms with Gasteiger partial charge < -0.3 is 9.47 Å². The number of nitrogens with zero attached hydrogens (tertiary/aromatic N) is 2. The van der Waals surface area contributed by atoms with Crippen LogP contribution >= 0.6 is 0 Å². The minimum atomic E-state index is -0.171. The first-order valence-corrected chi connectivity index (χ1v) is 19.8. The van der Waals surface area contributed by atoms with Gasteiger partial charge in [0, 0.05) is 33.0 Å². The van der Waals surface area contributed by atoms with E-state index in [1.54, 1.807) is 0 Å². The molecule has 0 fully saturated rings. The Morgan fingerprint density at radius 2 is 0.786 bits per heavy atom. The van der Waals surface area contributed by atoms with Crippen LogP contribution < -0.4 is 4.90 Å². The number of hydrogen-bond donors (Lipinski definition) is 0. The van der Waals surface area contributed by atoms with Crippen LogP contribution in [0.25, 0.3) is 60.9 Å². The molecule has 0 unspecified atom stereocenters. The highest BCUT2D eigenvalue weighted by atomic mass is 15.2. The van der Waals surface area contributed by atoms with Gasteiger partial charge in [0.1, 0.15) is 0 Å². The van der Waals surface area contributed by atoms with Gasteiger partial charge in [-0.15, -0.1) is 0 Å². The third kappa shape index (κ3) is 4.56. The normalized spacial score (nSPS) is 14.4. The van der Waals surface area contributed by atoms with Crippen LogP contribution in [0.2, 0.25) is 0 Å². The van der Waals surface area contributed by atoms with Crippen molar-refractivity contribution in [2.75, 3.05) is 4.90 Å². The third-order valence-electron chi connectivity index (χ3n) is 12.8. The van der Waals surface area contributed by atoms with E-state index in [1.807, 2.05) is 0 Å². The monoisotopic (exact) mass is 718 g/mol. The number of rotatable bonds is 5. The van der Waals surface area contributed by atoms with E-state index in [-0.39, 0.29) is 10.8 Å². The van der Waals surface area contributed by atoms with E-state index >= 15 is 0 Å². The summed E-state index contributed by atoms with van der Waals surface area (Å²) in [5.41, 5.74) is 20.1. The van der Waals surface area contributed by atoms with Gasteiger partial charge in [0.25, 0.3) is 0 Å². The van der Waals surface area contributed by atoms with Gasteiger partial charge in [-0.1, -0.05) is 161 Å². The average molecular weight is 719 g/mol. The molecule has 0 aliphatic heterocycles. The van der Waals surface area contributed by atoms with Crippen molar-refractivity contribution in [3.8, 4) is 39.1 Å². The molecule has 2 nitrogen and oxygen atoms in total. The summed E-state index contributed by atoms with van der Waals surface area (Å²) in [5.74, 6) is 0. The Balaban J connectivity index is 1.05. The van der Waals surface area contributed by atoms with Gasteiger partial charge in [0.2, 0.25) is 0 Å². The van der Waals surface area contributed by atoms with Crippen LogP contribution in [-0.2, 0) is 10.8 Å². The molecule has 268 valence electrons. The maximum absolute atomic E-state index is 2.55. The molecule has 0 bridgehead atoms. The molecule has 1 aromatic heterocycles. The molecular weight excluding hydrogens is 677 g/mol. The van der Waals surface area contributed by atoms with E-state index in [4.69, 9.17) is 0 Å². The fourth-order valence-corrected chi connectivity index (χ4v) is 10.2. The quantitative estimate of drug-likeness (QED) is 0.172. The van der Waals surface area contributed by atoms with Crippen molar-refractivity contribution >= 4 is 38.9 Å². The summed E-state index contributed by atoms with van der Waals surface area (Å²) < 4.78 is 2.38. The molecule has 0 spiro atoms. The van der Waals surface area contributed by atoms with E-state index in [0.717, 1.165) is 11.4 Å². The van der Waals surface area contributed by atoms with Gasteiger partial charge in [-0.2, -0.15) is 0 Å². The fourth-order valence-electron chi connectivity index (χ4n) is 10.2. The zero-order valence-electron chi connectivity index (χ0n) is 32.2. The Morgan fingerprint density at radius 1 is 0.375 bits per heavy atom. The molecule has 0 atom stereocenters. The van der Waals surface area contributed by atoms with E-state index in [1.165, 1.54) is 88.8 Å². The summed E-state index contributed by atoms with van der Waals surface area (Å²) >= 11 is 0.